The van der Waals surface area contributed by atoms with Crippen LogP contribution in [0.25, 0.3) is 0 Å². The first-order chi connectivity index (χ1) is 7.54. The molecule has 0 heterocycles. The molecule has 1 aliphatic rings. The standard InChI is InChI=1S/C11H19NO4/c1-11(4-2-3-5-11)10(15)12-6-7-16-8-9(13)14/h2-8H2,1H3,(H,12,15)(H,13,14). The first-order valence-electron chi connectivity index (χ1n) is 5.62. The summed E-state index contributed by atoms with van der Waals surface area (Å²) in [4.78, 5) is 21.9. The van der Waals surface area contributed by atoms with E-state index in [-0.39, 0.29) is 24.5 Å². The van der Waals surface area contributed by atoms with E-state index >= 15 is 0 Å². The molecular weight excluding hydrogens is 210 g/mol. The van der Waals surface area contributed by atoms with Crippen LogP contribution in [0.4, 0.5) is 0 Å². The number of carbonyl (C=O) groups is 2. The van der Waals surface area contributed by atoms with Crippen molar-refractivity contribution in [3.8, 4) is 0 Å². The van der Waals surface area contributed by atoms with Crippen LogP contribution >= 0.6 is 0 Å². The van der Waals surface area contributed by atoms with Gasteiger partial charge in [0.1, 0.15) is 6.61 Å². The topological polar surface area (TPSA) is 75.6 Å². The molecule has 0 bridgehead atoms. The Morgan fingerprint density at radius 2 is 2.00 bits per heavy atom. The maximum Gasteiger partial charge on any atom is 0.329 e. The molecule has 5 nitrogen and oxygen atoms in total. The van der Waals surface area contributed by atoms with Gasteiger partial charge in [-0.05, 0) is 12.8 Å². The van der Waals surface area contributed by atoms with E-state index in [0.29, 0.717) is 6.54 Å². The van der Waals surface area contributed by atoms with E-state index < -0.39 is 5.97 Å². The largest absolute Gasteiger partial charge is 0.480 e. The van der Waals surface area contributed by atoms with E-state index in [1.807, 2.05) is 6.92 Å². The average Bonchev–Trinajstić information content (AvgIpc) is 2.65. The average molecular weight is 229 g/mol. The van der Waals surface area contributed by atoms with Crippen LogP contribution < -0.4 is 5.32 Å². The molecule has 0 atom stereocenters. The summed E-state index contributed by atoms with van der Waals surface area (Å²) < 4.78 is 4.83. The zero-order chi connectivity index (χ0) is 12.0. The van der Waals surface area contributed by atoms with Crippen molar-refractivity contribution in [1.29, 1.82) is 0 Å². The lowest BCUT2D eigenvalue weighted by molar-refractivity contribution is -0.142. The predicted molar refractivity (Wildman–Crippen MR) is 58.0 cm³/mol. The van der Waals surface area contributed by atoms with Crippen molar-refractivity contribution in [2.24, 2.45) is 5.41 Å². The first kappa shape index (κ1) is 13.0. The second-order valence-electron chi connectivity index (χ2n) is 4.47. The smallest absolute Gasteiger partial charge is 0.329 e. The van der Waals surface area contributed by atoms with Gasteiger partial charge in [-0.15, -0.1) is 0 Å². The molecule has 5 heteroatoms. The molecule has 0 unspecified atom stereocenters. The Hall–Kier alpha value is -1.10. The van der Waals surface area contributed by atoms with Crippen LogP contribution in [0.2, 0.25) is 0 Å². The molecule has 1 saturated carbocycles. The summed E-state index contributed by atoms with van der Waals surface area (Å²) in [5.41, 5.74) is -0.229. The number of amides is 1. The summed E-state index contributed by atoms with van der Waals surface area (Å²) in [5.74, 6) is -0.932. The Bertz CT molecular complexity index is 259. The third kappa shape index (κ3) is 3.81. The number of aliphatic carboxylic acids is 1. The van der Waals surface area contributed by atoms with Gasteiger partial charge in [0.25, 0.3) is 0 Å². The lowest BCUT2D eigenvalue weighted by Crippen LogP contribution is -2.38. The fourth-order valence-electron chi connectivity index (χ4n) is 1.99. The molecule has 1 amide bonds. The normalized spacial score (nSPS) is 18.3. The lowest BCUT2D eigenvalue weighted by atomic mass is 9.88. The summed E-state index contributed by atoms with van der Waals surface area (Å²) >= 11 is 0. The number of hydrogen-bond acceptors (Lipinski definition) is 3. The number of nitrogens with one attached hydrogen (secondary N) is 1. The van der Waals surface area contributed by atoms with Crippen LogP contribution in [-0.2, 0) is 14.3 Å². The van der Waals surface area contributed by atoms with Gasteiger partial charge >= 0.3 is 5.97 Å². The van der Waals surface area contributed by atoms with Gasteiger partial charge in [0, 0.05) is 12.0 Å². The van der Waals surface area contributed by atoms with Gasteiger partial charge in [0.05, 0.1) is 6.61 Å². The van der Waals surface area contributed by atoms with Crippen LogP contribution in [-0.4, -0.2) is 36.7 Å². The van der Waals surface area contributed by atoms with Crippen molar-refractivity contribution < 1.29 is 19.4 Å². The fraction of sp³-hybridized carbons (Fsp3) is 0.818. The quantitative estimate of drug-likeness (QED) is 0.660. The van der Waals surface area contributed by atoms with Crippen LogP contribution in [0.3, 0.4) is 0 Å². The van der Waals surface area contributed by atoms with Crippen molar-refractivity contribution >= 4 is 11.9 Å². The molecule has 0 spiro atoms. The lowest BCUT2D eigenvalue weighted by Gasteiger charge is -2.22. The highest BCUT2D eigenvalue weighted by Crippen LogP contribution is 2.37. The highest BCUT2D eigenvalue weighted by atomic mass is 16.5. The Morgan fingerprint density at radius 1 is 1.38 bits per heavy atom. The Kier molecular flexibility index (Phi) is 4.73. The van der Waals surface area contributed by atoms with Crippen LogP contribution in [0.15, 0.2) is 0 Å². The van der Waals surface area contributed by atoms with Gasteiger partial charge in [-0.3, -0.25) is 4.79 Å². The third-order valence-electron chi connectivity index (χ3n) is 3.01. The maximum absolute atomic E-state index is 11.8. The molecule has 1 fully saturated rings. The number of hydrogen-bond donors (Lipinski definition) is 2. The second kappa shape index (κ2) is 5.84. The monoisotopic (exact) mass is 229 g/mol. The van der Waals surface area contributed by atoms with E-state index in [1.54, 1.807) is 0 Å². The minimum absolute atomic E-state index is 0.0592. The molecule has 0 aromatic heterocycles. The van der Waals surface area contributed by atoms with Crippen molar-refractivity contribution in [2.45, 2.75) is 32.6 Å². The SMILES string of the molecule is CC1(C(=O)NCCOCC(=O)O)CCCC1. The molecule has 2 N–H and O–H groups in total. The van der Waals surface area contributed by atoms with Crippen LogP contribution in [0, 0.1) is 5.41 Å². The van der Waals surface area contributed by atoms with Gasteiger partial charge in [0.2, 0.25) is 5.91 Å². The van der Waals surface area contributed by atoms with Gasteiger partial charge in [0.15, 0.2) is 0 Å². The zero-order valence-electron chi connectivity index (χ0n) is 9.62. The summed E-state index contributed by atoms with van der Waals surface area (Å²) in [5, 5.41) is 11.1. The molecule has 0 aromatic rings. The van der Waals surface area contributed by atoms with Crippen molar-refractivity contribution in [2.75, 3.05) is 19.8 Å². The van der Waals surface area contributed by atoms with Crippen LogP contribution in [0.1, 0.15) is 32.6 Å². The summed E-state index contributed by atoms with van der Waals surface area (Å²) in [7, 11) is 0. The maximum atomic E-state index is 11.8. The van der Waals surface area contributed by atoms with Gasteiger partial charge < -0.3 is 15.2 Å². The highest BCUT2D eigenvalue weighted by molar-refractivity contribution is 5.82. The number of rotatable bonds is 6. The first-order valence-corrected chi connectivity index (χ1v) is 5.62. The van der Waals surface area contributed by atoms with Crippen molar-refractivity contribution in [3.05, 3.63) is 0 Å². The van der Waals surface area contributed by atoms with Crippen molar-refractivity contribution in [3.63, 3.8) is 0 Å². The summed E-state index contributed by atoms with van der Waals surface area (Å²) in [6.07, 6.45) is 4.10. The van der Waals surface area contributed by atoms with E-state index in [9.17, 15) is 9.59 Å². The Balaban J connectivity index is 2.13. The fourth-order valence-corrected chi connectivity index (χ4v) is 1.99. The minimum Gasteiger partial charge on any atom is -0.480 e. The number of carboxylic acids is 1. The molecule has 92 valence electrons. The summed E-state index contributed by atoms with van der Waals surface area (Å²) in [6, 6.07) is 0. The Labute approximate surface area is 95.2 Å². The molecule has 1 rings (SSSR count). The minimum atomic E-state index is -0.992. The molecule has 0 aliphatic heterocycles. The molecule has 0 saturated heterocycles. The summed E-state index contributed by atoms with van der Waals surface area (Å²) in [6.45, 7) is 2.29. The molecule has 0 radical (unpaired) electrons. The highest BCUT2D eigenvalue weighted by Gasteiger charge is 2.35. The predicted octanol–water partition coefficient (Wildman–Crippen LogP) is 0.784. The number of carboxylic acid groups (broad SMARTS) is 1. The zero-order valence-corrected chi connectivity index (χ0v) is 9.62. The molecule has 16 heavy (non-hydrogen) atoms. The van der Waals surface area contributed by atoms with Gasteiger partial charge in [-0.25, -0.2) is 4.79 Å². The van der Waals surface area contributed by atoms with E-state index in [1.165, 1.54) is 0 Å². The van der Waals surface area contributed by atoms with Gasteiger partial charge in [-0.1, -0.05) is 19.8 Å². The van der Waals surface area contributed by atoms with Gasteiger partial charge in [-0.2, -0.15) is 0 Å². The molecule has 1 aliphatic carbocycles. The van der Waals surface area contributed by atoms with E-state index in [0.717, 1.165) is 25.7 Å². The van der Waals surface area contributed by atoms with E-state index in [4.69, 9.17) is 9.84 Å². The number of carbonyl (C=O) groups excluding carboxylic acids is 1. The number of ether oxygens (including phenoxy) is 1. The Morgan fingerprint density at radius 3 is 2.56 bits per heavy atom. The van der Waals surface area contributed by atoms with Crippen LogP contribution in [0.5, 0.6) is 0 Å². The molecule has 0 aromatic carbocycles. The second-order valence-corrected chi connectivity index (χ2v) is 4.47. The van der Waals surface area contributed by atoms with Crippen molar-refractivity contribution in [1.82, 2.24) is 5.32 Å². The molecular formula is C11H19NO4. The van der Waals surface area contributed by atoms with E-state index in [2.05, 4.69) is 5.32 Å². The third-order valence-corrected chi connectivity index (χ3v) is 3.01.